The minimum atomic E-state index is -0.0444. The second-order valence-corrected chi connectivity index (χ2v) is 9.96. The molecule has 0 radical (unpaired) electrons. The van der Waals surface area contributed by atoms with Crippen LogP contribution >= 0.6 is 0 Å². The van der Waals surface area contributed by atoms with Gasteiger partial charge in [0.15, 0.2) is 0 Å². The molecule has 0 bridgehead atoms. The van der Waals surface area contributed by atoms with E-state index >= 15 is 0 Å². The molecule has 0 N–H and O–H groups in total. The number of carbonyl (C=O) groups excluding carboxylic acids is 2. The fraction of sp³-hybridized carbons (Fsp3) is 0.419. The minimum Gasteiger partial charge on any atom is -0.383 e. The Hall–Kier alpha value is -3.38. The van der Waals surface area contributed by atoms with E-state index in [2.05, 4.69) is 29.0 Å². The first kappa shape index (κ1) is 26.7. The van der Waals surface area contributed by atoms with Crippen molar-refractivity contribution in [1.82, 2.24) is 14.4 Å². The fourth-order valence-electron chi connectivity index (χ4n) is 5.19. The topological polar surface area (TPSA) is 54.8 Å². The molecule has 1 heterocycles. The number of ether oxygens (including phenoxy) is 1. The van der Waals surface area contributed by atoms with Crippen LogP contribution < -0.4 is 0 Å². The lowest BCUT2D eigenvalue weighted by molar-refractivity contribution is -0.133. The maximum Gasteiger partial charge on any atom is 0.254 e. The van der Waals surface area contributed by atoms with Crippen LogP contribution in [0.5, 0.6) is 0 Å². The van der Waals surface area contributed by atoms with Gasteiger partial charge in [-0.1, -0.05) is 67.8 Å². The molecule has 1 aromatic heterocycles. The molecule has 196 valence electrons. The highest BCUT2D eigenvalue weighted by Gasteiger charge is 2.30. The van der Waals surface area contributed by atoms with Crippen molar-refractivity contribution in [2.24, 2.45) is 0 Å². The molecule has 0 atom stereocenters. The van der Waals surface area contributed by atoms with E-state index in [0.717, 1.165) is 43.5 Å². The average Bonchev–Trinajstić information content (AvgIpc) is 3.36. The maximum atomic E-state index is 13.8. The van der Waals surface area contributed by atoms with Crippen LogP contribution in [0.3, 0.4) is 0 Å². The second-order valence-electron chi connectivity index (χ2n) is 9.96. The van der Waals surface area contributed by atoms with Crippen molar-refractivity contribution in [2.45, 2.75) is 58.2 Å². The SMILES string of the molecule is COCCN(Cc1cccn1Cc1ccccc1)C(=O)CN(C(=O)c1ccccc1C)C1CCCCC1. The Kier molecular flexibility index (Phi) is 9.55. The number of aromatic nitrogens is 1. The van der Waals surface area contributed by atoms with Gasteiger partial charge in [0.25, 0.3) is 5.91 Å². The molecule has 1 saturated carbocycles. The molecule has 6 nitrogen and oxygen atoms in total. The predicted molar refractivity (Wildman–Crippen MR) is 146 cm³/mol. The molecule has 6 heteroatoms. The highest BCUT2D eigenvalue weighted by Crippen LogP contribution is 2.25. The van der Waals surface area contributed by atoms with Crippen LogP contribution in [0.15, 0.2) is 72.9 Å². The Morgan fingerprint density at radius 3 is 2.41 bits per heavy atom. The Morgan fingerprint density at radius 1 is 0.946 bits per heavy atom. The van der Waals surface area contributed by atoms with Crippen LogP contribution in [-0.2, 0) is 22.6 Å². The molecule has 2 aromatic carbocycles. The van der Waals surface area contributed by atoms with Crippen molar-refractivity contribution in [1.29, 1.82) is 0 Å². The van der Waals surface area contributed by atoms with E-state index in [0.29, 0.717) is 25.3 Å². The van der Waals surface area contributed by atoms with Gasteiger partial charge in [-0.05, 0) is 49.1 Å². The van der Waals surface area contributed by atoms with Gasteiger partial charge in [-0.15, -0.1) is 0 Å². The Balaban J connectivity index is 1.54. The standard InChI is InChI=1S/C31H39N3O3/c1-25-12-9-10-18-29(25)31(36)34(27-15-7-4-8-16-27)24-30(35)33(20-21-37-2)23-28-17-11-19-32(28)22-26-13-5-3-6-14-26/h3,5-6,9-14,17-19,27H,4,7-8,15-16,20-24H2,1-2H3. The Labute approximate surface area is 220 Å². The van der Waals surface area contributed by atoms with Crippen LogP contribution in [0.1, 0.15) is 59.3 Å². The third kappa shape index (κ3) is 7.10. The smallest absolute Gasteiger partial charge is 0.254 e. The fourth-order valence-corrected chi connectivity index (χ4v) is 5.19. The summed E-state index contributed by atoms with van der Waals surface area (Å²) < 4.78 is 7.52. The summed E-state index contributed by atoms with van der Waals surface area (Å²) in [7, 11) is 1.65. The largest absolute Gasteiger partial charge is 0.383 e. The molecule has 2 amide bonds. The summed E-state index contributed by atoms with van der Waals surface area (Å²) in [6, 6.07) is 22.2. The van der Waals surface area contributed by atoms with Gasteiger partial charge in [0, 0.05) is 43.7 Å². The number of aryl methyl sites for hydroxylation is 1. The number of rotatable bonds is 11. The predicted octanol–water partition coefficient (Wildman–Crippen LogP) is 5.29. The maximum absolute atomic E-state index is 13.8. The quantitative estimate of drug-likeness (QED) is 0.359. The third-order valence-electron chi connectivity index (χ3n) is 7.35. The van der Waals surface area contributed by atoms with Crippen molar-refractivity contribution in [3.05, 3.63) is 95.3 Å². The number of amides is 2. The molecule has 3 aromatic rings. The number of hydrogen-bond acceptors (Lipinski definition) is 3. The zero-order valence-corrected chi connectivity index (χ0v) is 22.1. The minimum absolute atomic E-state index is 0.0440. The molecular weight excluding hydrogens is 462 g/mol. The highest BCUT2D eigenvalue weighted by atomic mass is 16.5. The summed E-state index contributed by atoms with van der Waals surface area (Å²) in [5.41, 5.74) is 3.89. The summed E-state index contributed by atoms with van der Waals surface area (Å²) in [4.78, 5) is 31.2. The van der Waals surface area contributed by atoms with E-state index in [1.165, 1.54) is 12.0 Å². The first-order chi connectivity index (χ1) is 18.1. The first-order valence-electron chi connectivity index (χ1n) is 13.4. The van der Waals surface area contributed by atoms with Gasteiger partial charge in [-0.3, -0.25) is 9.59 Å². The van der Waals surface area contributed by atoms with Crippen LogP contribution in [-0.4, -0.2) is 59.0 Å². The molecule has 0 aliphatic heterocycles. The molecule has 1 fully saturated rings. The molecule has 1 aliphatic rings. The van der Waals surface area contributed by atoms with Crippen molar-refractivity contribution in [2.75, 3.05) is 26.8 Å². The molecule has 1 aliphatic carbocycles. The Morgan fingerprint density at radius 2 is 1.68 bits per heavy atom. The number of hydrogen-bond donors (Lipinski definition) is 0. The molecular formula is C31H39N3O3. The lowest BCUT2D eigenvalue weighted by Gasteiger charge is -2.36. The van der Waals surface area contributed by atoms with Gasteiger partial charge < -0.3 is 19.1 Å². The van der Waals surface area contributed by atoms with Crippen LogP contribution in [0, 0.1) is 6.92 Å². The third-order valence-corrected chi connectivity index (χ3v) is 7.35. The monoisotopic (exact) mass is 501 g/mol. The van der Waals surface area contributed by atoms with E-state index in [4.69, 9.17) is 4.74 Å². The van der Waals surface area contributed by atoms with Gasteiger partial charge >= 0.3 is 0 Å². The van der Waals surface area contributed by atoms with E-state index < -0.39 is 0 Å². The molecule has 0 saturated heterocycles. The average molecular weight is 502 g/mol. The van der Waals surface area contributed by atoms with Crippen molar-refractivity contribution >= 4 is 11.8 Å². The van der Waals surface area contributed by atoms with Crippen molar-refractivity contribution in [3.63, 3.8) is 0 Å². The number of methoxy groups -OCH3 is 1. The van der Waals surface area contributed by atoms with Crippen LogP contribution in [0.2, 0.25) is 0 Å². The van der Waals surface area contributed by atoms with E-state index in [1.54, 1.807) is 7.11 Å². The van der Waals surface area contributed by atoms with Crippen molar-refractivity contribution in [3.8, 4) is 0 Å². The summed E-state index contributed by atoms with van der Waals surface area (Å²) in [5, 5.41) is 0. The number of nitrogens with zero attached hydrogens (tertiary/aromatic N) is 3. The van der Waals surface area contributed by atoms with Gasteiger partial charge in [-0.25, -0.2) is 0 Å². The van der Waals surface area contributed by atoms with Gasteiger partial charge in [0.05, 0.1) is 13.2 Å². The summed E-state index contributed by atoms with van der Waals surface area (Å²) in [5.74, 6) is -0.0884. The number of carbonyl (C=O) groups is 2. The lowest BCUT2D eigenvalue weighted by atomic mass is 9.93. The zero-order chi connectivity index (χ0) is 26.0. The normalized spacial score (nSPS) is 13.9. The summed E-state index contributed by atoms with van der Waals surface area (Å²) >= 11 is 0. The summed E-state index contributed by atoms with van der Waals surface area (Å²) in [6.07, 6.45) is 7.33. The van der Waals surface area contributed by atoms with E-state index in [-0.39, 0.29) is 24.4 Å². The van der Waals surface area contributed by atoms with E-state index in [1.807, 2.05) is 65.3 Å². The van der Waals surface area contributed by atoms with Gasteiger partial charge in [0.2, 0.25) is 5.91 Å². The molecule has 0 unspecified atom stereocenters. The number of benzene rings is 2. The van der Waals surface area contributed by atoms with Gasteiger partial charge in [0.1, 0.15) is 6.54 Å². The molecule has 4 rings (SSSR count). The molecule has 37 heavy (non-hydrogen) atoms. The second kappa shape index (κ2) is 13.2. The zero-order valence-electron chi connectivity index (χ0n) is 22.1. The first-order valence-corrected chi connectivity index (χ1v) is 13.4. The highest BCUT2D eigenvalue weighted by molar-refractivity contribution is 5.98. The van der Waals surface area contributed by atoms with Gasteiger partial charge in [-0.2, -0.15) is 0 Å². The summed E-state index contributed by atoms with van der Waals surface area (Å²) in [6.45, 7) is 4.18. The van der Waals surface area contributed by atoms with Crippen LogP contribution in [0.25, 0.3) is 0 Å². The van der Waals surface area contributed by atoms with E-state index in [9.17, 15) is 9.59 Å². The van der Waals surface area contributed by atoms with Crippen LogP contribution in [0.4, 0.5) is 0 Å². The molecule has 0 spiro atoms. The Bertz CT molecular complexity index is 1150. The van der Waals surface area contributed by atoms with Crippen molar-refractivity contribution < 1.29 is 14.3 Å². The lowest BCUT2D eigenvalue weighted by Crippen LogP contribution is -2.48.